The minimum atomic E-state index is -0.816. The second-order valence-corrected chi connectivity index (χ2v) is 12.4. The summed E-state index contributed by atoms with van der Waals surface area (Å²) in [6.07, 6.45) is 3.24. The van der Waals surface area contributed by atoms with Crippen LogP contribution in [0.5, 0.6) is 11.5 Å². The summed E-state index contributed by atoms with van der Waals surface area (Å²) < 4.78 is 23.7. The molecular formula is C35H42ClN3O6. The SMILES string of the molecule is CCO[C@@H]1CN(c2cccc(-c3cccc(Cl)c3OCc3cc4c(c(OC)c3)CN(C3CCOCC3)CC4)n2)CC[C@@H]1C(=O)O. The Balaban J connectivity index is 1.20. The fourth-order valence-electron chi connectivity index (χ4n) is 6.89. The molecule has 2 saturated heterocycles. The maximum atomic E-state index is 11.8. The molecule has 2 aromatic carbocycles. The first-order chi connectivity index (χ1) is 21.9. The summed E-state index contributed by atoms with van der Waals surface area (Å²) in [5.74, 6) is 0.896. The first-order valence-corrected chi connectivity index (χ1v) is 16.3. The maximum Gasteiger partial charge on any atom is 0.309 e. The number of aliphatic carboxylic acids is 1. The van der Waals surface area contributed by atoms with E-state index < -0.39 is 18.0 Å². The van der Waals surface area contributed by atoms with E-state index >= 15 is 0 Å². The van der Waals surface area contributed by atoms with Crippen LogP contribution in [0.3, 0.4) is 0 Å². The van der Waals surface area contributed by atoms with Gasteiger partial charge in [0.1, 0.15) is 23.9 Å². The molecule has 10 heteroatoms. The highest BCUT2D eigenvalue weighted by Gasteiger charge is 2.35. The number of carboxylic acids is 1. The van der Waals surface area contributed by atoms with Crippen LogP contribution in [-0.4, -0.2) is 79.7 Å². The Bertz CT molecular complexity index is 1480. The van der Waals surface area contributed by atoms with E-state index in [9.17, 15) is 9.90 Å². The Kier molecular flexibility index (Phi) is 10.1. The molecule has 1 N–H and O–H groups in total. The molecule has 0 saturated carbocycles. The Hall–Kier alpha value is -3.37. The molecule has 2 atom stereocenters. The predicted molar refractivity (Wildman–Crippen MR) is 173 cm³/mol. The van der Waals surface area contributed by atoms with E-state index in [4.69, 9.17) is 35.5 Å². The number of ether oxygens (including phenoxy) is 4. The van der Waals surface area contributed by atoms with Gasteiger partial charge < -0.3 is 29.0 Å². The molecule has 0 bridgehead atoms. The Morgan fingerprint density at radius 2 is 1.93 bits per heavy atom. The van der Waals surface area contributed by atoms with Crippen molar-refractivity contribution in [3.8, 4) is 22.8 Å². The number of aromatic nitrogens is 1. The molecule has 3 aliphatic heterocycles. The number of hydrogen-bond acceptors (Lipinski definition) is 8. The van der Waals surface area contributed by atoms with Crippen LogP contribution in [0.4, 0.5) is 5.82 Å². The molecular weight excluding hydrogens is 594 g/mol. The molecule has 0 radical (unpaired) electrons. The van der Waals surface area contributed by atoms with Crippen LogP contribution in [0, 0.1) is 5.92 Å². The fraction of sp³-hybridized carbons (Fsp3) is 0.486. The van der Waals surface area contributed by atoms with Gasteiger partial charge in [0.2, 0.25) is 0 Å². The van der Waals surface area contributed by atoms with E-state index in [2.05, 4.69) is 21.9 Å². The fourth-order valence-corrected chi connectivity index (χ4v) is 7.12. The molecule has 9 nitrogen and oxygen atoms in total. The number of nitrogens with zero attached hydrogens (tertiary/aromatic N) is 3. The van der Waals surface area contributed by atoms with Crippen LogP contribution in [0.25, 0.3) is 11.3 Å². The van der Waals surface area contributed by atoms with Gasteiger partial charge in [0.15, 0.2) is 0 Å². The smallest absolute Gasteiger partial charge is 0.309 e. The first kappa shape index (κ1) is 31.6. The van der Waals surface area contributed by atoms with Gasteiger partial charge in [-0.15, -0.1) is 0 Å². The van der Waals surface area contributed by atoms with Crippen LogP contribution in [0.2, 0.25) is 5.02 Å². The second kappa shape index (κ2) is 14.4. The number of fused-ring (bicyclic) bond motifs is 1. The molecule has 0 spiro atoms. The average molecular weight is 636 g/mol. The van der Waals surface area contributed by atoms with E-state index in [0.29, 0.717) is 49.5 Å². The summed E-state index contributed by atoms with van der Waals surface area (Å²) in [7, 11) is 1.74. The van der Waals surface area contributed by atoms with Crippen LogP contribution in [-0.2, 0) is 33.8 Å². The highest BCUT2D eigenvalue weighted by atomic mass is 35.5. The minimum absolute atomic E-state index is 0.336. The van der Waals surface area contributed by atoms with Crippen molar-refractivity contribution in [3.63, 3.8) is 0 Å². The van der Waals surface area contributed by atoms with Crippen molar-refractivity contribution in [3.05, 3.63) is 70.2 Å². The number of anilines is 1. The van der Waals surface area contributed by atoms with Gasteiger partial charge in [-0.1, -0.05) is 29.8 Å². The van der Waals surface area contributed by atoms with Crippen molar-refractivity contribution in [2.24, 2.45) is 5.92 Å². The van der Waals surface area contributed by atoms with E-state index in [-0.39, 0.29) is 0 Å². The Labute approximate surface area is 270 Å². The number of hydrogen-bond donors (Lipinski definition) is 1. The zero-order chi connectivity index (χ0) is 31.3. The van der Waals surface area contributed by atoms with Crippen molar-refractivity contribution in [2.75, 3.05) is 51.5 Å². The number of rotatable bonds is 10. The number of pyridine rings is 1. The molecule has 240 valence electrons. The Morgan fingerprint density at radius 1 is 1.11 bits per heavy atom. The third-order valence-corrected chi connectivity index (χ3v) is 9.56. The summed E-state index contributed by atoms with van der Waals surface area (Å²) in [5, 5.41) is 10.2. The minimum Gasteiger partial charge on any atom is -0.496 e. The number of para-hydroxylation sites is 1. The van der Waals surface area contributed by atoms with Gasteiger partial charge >= 0.3 is 5.97 Å². The van der Waals surface area contributed by atoms with Gasteiger partial charge in [0.05, 0.1) is 29.8 Å². The highest BCUT2D eigenvalue weighted by Crippen LogP contribution is 2.38. The van der Waals surface area contributed by atoms with E-state index in [0.717, 1.165) is 74.0 Å². The number of halogens is 1. The van der Waals surface area contributed by atoms with E-state index in [1.807, 2.05) is 43.3 Å². The molecule has 3 aromatic rings. The number of piperidine rings is 1. The van der Waals surface area contributed by atoms with Crippen molar-refractivity contribution < 1.29 is 28.8 Å². The Morgan fingerprint density at radius 3 is 2.71 bits per heavy atom. The van der Waals surface area contributed by atoms with Crippen molar-refractivity contribution in [1.82, 2.24) is 9.88 Å². The van der Waals surface area contributed by atoms with Crippen LogP contribution >= 0.6 is 11.6 Å². The molecule has 45 heavy (non-hydrogen) atoms. The van der Waals surface area contributed by atoms with Crippen molar-refractivity contribution >= 4 is 23.4 Å². The van der Waals surface area contributed by atoms with Crippen LogP contribution in [0.15, 0.2) is 48.5 Å². The summed E-state index contributed by atoms with van der Waals surface area (Å²) in [6, 6.07) is 16.4. The van der Waals surface area contributed by atoms with Gasteiger partial charge in [-0.3, -0.25) is 9.69 Å². The standard InChI is InChI=1S/C35H42ClN3O6/c1-3-44-32-21-39(15-11-27(32)35(40)41)33-9-5-8-30(37-33)26-6-4-7-29(36)34(26)45-22-23-18-24-10-14-38(25-12-16-43-17-13-25)20-28(24)31(19-23)42-2/h4-9,18-19,25,27,32H,3,10-17,20-22H2,1-2H3,(H,40,41)/t27-,32+/m0/s1. The normalized spacial score (nSPS) is 20.9. The zero-order valence-corrected chi connectivity index (χ0v) is 26.8. The number of methoxy groups -OCH3 is 1. The quantitative estimate of drug-likeness (QED) is 0.295. The van der Waals surface area contributed by atoms with Crippen LogP contribution in [0.1, 0.15) is 42.9 Å². The zero-order valence-electron chi connectivity index (χ0n) is 26.0. The number of carboxylic acid groups (broad SMARTS) is 1. The molecule has 1 aromatic heterocycles. The van der Waals surface area contributed by atoms with Gasteiger partial charge in [0, 0.05) is 63.2 Å². The molecule has 0 aliphatic carbocycles. The number of carbonyl (C=O) groups is 1. The topological polar surface area (TPSA) is 93.6 Å². The van der Waals surface area contributed by atoms with Gasteiger partial charge in [0.25, 0.3) is 0 Å². The molecule has 3 aliphatic rings. The average Bonchev–Trinajstić information content (AvgIpc) is 3.07. The predicted octanol–water partition coefficient (Wildman–Crippen LogP) is 5.84. The summed E-state index contributed by atoms with van der Waals surface area (Å²) >= 11 is 6.72. The van der Waals surface area contributed by atoms with Crippen LogP contribution < -0.4 is 14.4 Å². The van der Waals surface area contributed by atoms with Crippen molar-refractivity contribution in [2.45, 2.75) is 57.9 Å². The second-order valence-electron chi connectivity index (χ2n) is 12.0. The summed E-state index contributed by atoms with van der Waals surface area (Å²) in [4.78, 5) is 21.4. The van der Waals surface area contributed by atoms with E-state index in [1.54, 1.807) is 7.11 Å². The molecule has 2 fully saturated rings. The summed E-state index contributed by atoms with van der Waals surface area (Å²) in [5.41, 5.74) is 5.12. The molecule has 4 heterocycles. The lowest BCUT2D eigenvalue weighted by Gasteiger charge is -2.38. The lowest BCUT2D eigenvalue weighted by molar-refractivity contribution is -0.148. The van der Waals surface area contributed by atoms with Gasteiger partial charge in [-0.05, 0) is 74.1 Å². The monoisotopic (exact) mass is 635 g/mol. The molecule has 0 unspecified atom stereocenters. The number of benzene rings is 2. The van der Waals surface area contributed by atoms with Gasteiger partial charge in [-0.25, -0.2) is 4.98 Å². The maximum absolute atomic E-state index is 11.8. The lowest BCUT2D eigenvalue weighted by Crippen LogP contribution is -2.48. The highest BCUT2D eigenvalue weighted by molar-refractivity contribution is 6.32. The molecule has 6 rings (SSSR count). The largest absolute Gasteiger partial charge is 0.496 e. The first-order valence-electron chi connectivity index (χ1n) is 15.9. The molecule has 0 amide bonds. The summed E-state index contributed by atoms with van der Waals surface area (Å²) in [6.45, 7) is 7.33. The third kappa shape index (κ3) is 7.07. The van der Waals surface area contributed by atoms with Gasteiger partial charge in [-0.2, -0.15) is 0 Å². The lowest BCUT2D eigenvalue weighted by atomic mass is 9.93. The van der Waals surface area contributed by atoms with Crippen molar-refractivity contribution in [1.29, 1.82) is 0 Å². The third-order valence-electron chi connectivity index (χ3n) is 9.26. The van der Waals surface area contributed by atoms with E-state index in [1.165, 1.54) is 11.1 Å².